The van der Waals surface area contributed by atoms with Crippen LogP contribution in [-0.4, -0.2) is 56.9 Å². The Bertz CT molecular complexity index is 1490. The van der Waals surface area contributed by atoms with Crippen molar-refractivity contribution in [3.63, 3.8) is 0 Å². The van der Waals surface area contributed by atoms with Crippen LogP contribution in [-0.2, 0) is 11.2 Å². The summed E-state index contributed by atoms with van der Waals surface area (Å²) in [4.78, 5) is 22.8. The van der Waals surface area contributed by atoms with Crippen LogP contribution in [0.5, 0.6) is 0 Å². The largest absolute Gasteiger partial charge is 0.393 e. The second kappa shape index (κ2) is 9.92. The molecule has 2 fully saturated rings. The highest BCUT2D eigenvalue weighted by atomic mass is 19.1. The Morgan fingerprint density at radius 2 is 1.93 bits per heavy atom. The molecular weight excluding hydrogens is 517 g/mol. The number of rotatable bonds is 5. The lowest BCUT2D eigenvalue weighted by molar-refractivity contribution is -0.126. The topological polar surface area (TPSA) is 76.4 Å². The fourth-order valence-electron chi connectivity index (χ4n) is 7.46. The lowest BCUT2D eigenvalue weighted by atomic mass is 9.91. The molecule has 3 heterocycles. The van der Waals surface area contributed by atoms with Gasteiger partial charge in [0.1, 0.15) is 17.3 Å². The predicted molar refractivity (Wildman–Crippen MR) is 156 cm³/mol. The summed E-state index contributed by atoms with van der Waals surface area (Å²) in [6.07, 6.45) is 8.18. The highest BCUT2D eigenvalue weighted by molar-refractivity contribution is 6.44. The van der Waals surface area contributed by atoms with Crippen molar-refractivity contribution in [2.75, 3.05) is 19.7 Å². The molecule has 214 valence electrons. The minimum Gasteiger partial charge on any atom is -0.393 e. The molecule has 0 radical (unpaired) electrons. The molecule has 7 heteroatoms. The smallest absolute Gasteiger partial charge is 0.273 e. The molecule has 0 bridgehead atoms. The molecule has 6 nitrogen and oxygen atoms in total. The Morgan fingerprint density at radius 1 is 1.12 bits per heavy atom. The number of aliphatic imine (C=N–C) groups is 1. The van der Waals surface area contributed by atoms with E-state index < -0.39 is 5.60 Å². The first-order chi connectivity index (χ1) is 19.8. The van der Waals surface area contributed by atoms with Gasteiger partial charge in [-0.15, -0.1) is 0 Å². The Kier molecular flexibility index (Phi) is 6.43. The number of carbonyl (C=O) groups is 1. The van der Waals surface area contributed by atoms with Gasteiger partial charge in [-0.05, 0) is 97.3 Å². The van der Waals surface area contributed by atoms with E-state index in [1.165, 1.54) is 11.1 Å². The second-order valence-corrected chi connectivity index (χ2v) is 12.8. The molecule has 3 unspecified atom stereocenters. The van der Waals surface area contributed by atoms with E-state index in [0.29, 0.717) is 36.7 Å². The number of aliphatic hydroxyl groups excluding tert-OH is 1. The van der Waals surface area contributed by atoms with Crippen molar-refractivity contribution in [1.82, 2.24) is 9.80 Å². The number of benzene rings is 2. The molecule has 5 aliphatic rings. The van der Waals surface area contributed by atoms with Crippen LogP contribution in [0.1, 0.15) is 79.7 Å². The van der Waals surface area contributed by atoms with Gasteiger partial charge in [0, 0.05) is 24.7 Å². The molecule has 7 rings (SSSR count). The summed E-state index contributed by atoms with van der Waals surface area (Å²) < 4.78 is 15.6. The number of amides is 1. The van der Waals surface area contributed by atoms with Crippen LogP contribution in [0.3, 0.4) is 0 Å². The van der Waals surface area contributed by atoms with E-state index in [2.05, 4.69) is 30.0 Å². The fraction of sp³-hybridized carbons (Fsp3) is 0.471. The molecule has 5 atom stereocenters. The fourth-order valence-corrected chi connectivity index (χ4v) is 7.46. The van der Waals surface area contributed by atoms with Crippen molar-refractivity contribution in [3.05, 3.63) is 94.2 Å². The van der Waals surface area contributed by atoms with E-state index in [0.717, 1.165) is 42.8 Å². The van der Waals surface area contributed by atoms with Crippen molar-refractivity contribution in [2.45, 2.75) is 69.4 Å². The predicted octanol–water partition coefficient (Wildman–Crippen LogP) is 5.20. The van der Waals surface area contributed by atoms with E-state index >= 15 is 4.39 Å². The van der Waals surface area contributed by atoms with Gasteiger partial charge in [-0.2, -0.15) is 0 Å². The Labute approximate surface area is 240 Å². The van der Waals surface area contributed by atoms with E-state index in [1.54, 1.807) is 6.07 Å². The lowest BCUT2D eigenvalue weighted by Crippen LogP contribution is -2.43. The maximum Gasteiger partial charge on any atom is 0.273 e. The van der Waals surface area contributed by atoms with Crippen LogP contribution in [0.4, 0.5) is 4.39 Å². The third-order valence-electron chi connectivity index (χ3n) is 10.2. The molecule has 2 N–H and O–H groups in total. The first-order valence-corrected chi connectivity index (χ1v) is 15.1. The van der Waals surface area contributed by atoms with Crippen molar-refractivity contribution < 1.29 is 19.4 Å². The molecule has 2 aromatic carbocycles. The molecule has 1 amide bonds. The standard InChI is InChI=1S/C34H38FN3O3/c1-20-13-25(17-34(20,41)19-39)24-9-10-28(29(35)14-24)26-15-32-36-30(16-31(23-7-8-23)38(32)18-26)33(40)37-12-11-22-5-3-4-6-27(22)21(37)2/h3-6,9-10,14-16,20-21,23,25-26,39,41H,7-8,11-13,17-19H2,1-2H3/t20-,21+,25?,26?,34?/m0/s1. The van der Waals surface area contributed by atoms with Crippen molar-refractivity contribution >= 4 is 11.6 Å². The highest BCUT2D eigenvalue weighted by Gasteiger charge is 2.44. The molecule has 0 saturated heterocycles. The molecule has 41 heavy (non-hydrogen) atoms. The average Bonchev–Trinajstić information content (AvgIpc) is 3.66. The molecule has 2 aromatic rings. The number of allylic oxidation sites excluding steroid dienone is 1. The summed E-state index contributed by atoms with van der Waals surface area (Å²) in [7, 11) is 0. The van der Waals surface area contributed by atoms with Crippen LogP contribution in [0.25, 0.3) is 0 Å². The number of carbonyl (C=O) groups excluding carboxylic acids is 1. The Balaban J connectivity index is 1.14. The summed E-state index contributed by atoms with van der Waals surface area (Å²) in [6, 6.07) is 13.8. The maximum absolute atomic E-state index is 15.6. The van der Waals surface area contributed by atoms with E-state index in [-0.39, 0.29) is 42.1 Å². The van der Waals surface area contributed by atoms with E-state index in [4.69, 9.17) is 4.99 Å². The Hall–Kier alpha value is -3.29. The maximum atomic E-state index is 15.6. The second-order valence-electron chi connectivity index (χ2n) is 12.8. The Morgan fingerprint density at radius 3 is 2.66 bits per heavy atom. The number of nitrogens with zero attached hydrogens (tertiary/aromatic N) is 3. The SMILES string of the molecule is C[C@@H]1c2ccccc2CCN1C(=O)C1=NC2=CC(c3ccc(C4C[C@H](C)C(O)(CO)C4)cc3F)CN2C(C2CC2)=C1. The van der Waals surface area contributed by atoms with Crippen LogP contribution < -0.4 is 0 Å². The summed E-state index contributed by atoms with van der Waals surface area (Å²) >= 11 is 0. The van der Waals surface area contributed by atoms with Gasteiger partial charge >= 0.3 is 0 Å². The first kappa shape index (κ1) is 26.6. The van der Waals surface area contributed by atoms with Gasteiger partial charge in [0.25, 0.3) is 5.91 Å². The lowest BCUT2D eigenvalue weighted by Gasteiger charge is -2.36. The van der Waals surface area contributed by atoms with Gasteiger partial charge in [0.05, 0.1) is 18.2 Å². The van der Waals surface area contributed by atoms with Crippen LogP contribution in [0.2, 0.25) is 0 Å². The van der Waals surface area contributed by atoms with Crippen molar-refractivity contribution in [2.24, 2.45) is 16.8 Å². The summed E-state index contributed by atoms with van der Waals surface area (Å²) in [5.74, 6) is 0.668. The zero-order valence-corrected chi connectivity index (χ0v) is 23.8. The quantitative estimate of drug-likeness (QED) is 0.532. The minimum atomic E-state index is -1.10. The number of halogens is 1. The van der Waals surface area contributed by atoms with E-state index in [9.17, 15) is 15.0 Å². The van der Waals surface area contributed by atoms with Crippen molar-refractivity contribution in [3.8, 4) is 0 Å². The molecule has 3 aliphatic heterocycles. The van der Waals surface area contributed by atoms with Crippen LogP contribution in [0.15, 0.2) is 71.1 Å². The normalized spacial score (nSPS) is 30.9. The molecule has 0 aromatic heterocycles. The number of hydrogen-bond acceptors (Lipinski definition) is 5. The summed E-state index contributed by atoms with van der Waals surface area (Å²) in [6.45, 7) is 5.03. The van der Waals surface area contributed by atoms with Gasteiger partial charge < -0.3 is 20.0 Å². The molecular formula is C34H38FN3O3. The molecule has 2 saturated carbocycles. The first-order valence-electron chi connectivity index (χ1n) is 15.1. The van der Waals surface area contributed by atoms with Crippen LogP contribution >= 0.6 is 0 Å². The monoisotopic (exact) mass is 555 g/mol. The van der Waals surface area contributed by atoms with Gasteiger partial charge in [0.15, 0.2) is 0 Å². The third-order valence-corrected chi connectivity index (χ3v) is 10.2. The number of hydrogen-bond donors (Lipinski definition) is 2. The third kappa shape index (κ3) is 4.54. The summed E-state index contributed by atoms with van der Waals surface area (Å²) in [5.41, 5.74) is 4.49. The minimum absolute atomic E-state index is 0.0138. The zero-order chi connectivity index (χ0) is 28.5. The highest BCUT2D eigenvalue weighted by Crippen LogP contribution is 2.47. The number of aliphatic hydroxyl groups is 2. The number of fused-ring (bicyclic) bond motifs is 2. The summed E-state index contributed by atoms with van der Waals surface area (Å²) in [5, 5.41) is 20.4. The van der Waals surface area contributed by atoms with Gasteiger partial charge in [0.2, 0.25) is 0 Å². The van der Waals surface area contributed by atoms with Gasteiger partial charge in [-0.1, -0.05) is 43.3 Å². The average molecular weight is 556 g/mol. The molecule has 2 aliphatic carbocycles. The van der Waals surface area contributed by atoms with Gasteiger partial charge in [-0.25, -0.2) is 9.38 Å². The van der Waals surface area contributed by atoms with Crippen molar-refractivity contribution in [1.29, 1.82) is 0 Å². The van der Waals surface area contributed by atoms with Gasteiger partial charge in [-0.3, -0.25) is 4.79 Å². The van der Waals surface area contributed by atoms with E-state index in [1.807, 2.05) is 42.2 Å². The molecule has 0 spiro atoms. The zero-order valence-electron chi connectivity index (χ0n) is 23.8. The van der Waals surface area contributed by atoms with Crippen LogP contribution in [0, 0.1) is 17.7 Å².